The second kappa shape index (κ2) is 12.0. The monoisotopic (exact) mass is 606 g/mol. The number of halogens is 2. The number of amides is 1. The van der Waals surface area contributed by atoms with Gasteiger partial charge >= 0.3 is 5.91 Å². The molecular formula is C31H30BrClN3OS+. The minimum Gasteiger partial charge on any atom is -0.231 e. The summed E-state index contributed by atoms with van der Waals surface area (Å²) in [7, 11) is 0. The van der Waals surface area contributed by atoms with E-state index in [1.165, 1.54) is 0 Å². The van der Waals surface area contributed by atoms with Crippen molar-refractivity contribution >= 4 is 44.8 Å². The van der Waals surface area contributed by atoms with Crippen LogP contribution in [0.5, 0.6) is 0 Å². The summed E-state index contributed by atoms with van der Waals surface area (Å²) in [6, 6.07) is 23.8. The largest absolute Gasteiger partial charge is 0.524 e. The number of carbonyl (C=O) groups is 1. The Morgan fingerprint density at radius 2 is 2.05 bits per heavy atom. The number of alkyl halides is 1. The number of rotatable bonds is 7. The van der Waals surface area contributed by atoms with Crippen LogP contribution in [0.25, 0.3) is 21.1 Å². The van der Waals surface area contributed by atoms with Gasteiger partial charge in [0.15, 0.2) is 0 Å². The normalized spacial score (nSPS) is 15.4. The van der Waals surface area contributed by atoms with Crippen LogP contribution in [0, 0.1) is 13.0 Å². The number of carbonyl (C=O) groups excluding carboxylic acids is 1. The molecule has 0 saturated carbocycles. The Morgan fingerprint density at radius 1 is 1.24 bits per heavy atom. The third-order valence-corrected chi connectivity index (χ3v) is 9.06. The fraction of sp³-hybridized carbons (Fsp3) is 0.323. The minimum atomic E-state index is -0.366. The molecule has 2 aromatic heterocycles. The van der Waals surface area contributed by atoms with E-state index in [-0.39, 0.29) is 17.7 Å². The van der Waals surface area contributed by atoms with Gasteiger partial charge in [0, 0.05) is 16.3 Å². The SMILES string of the molecule is CCCC(C#[N+]C(=O)[C@@H]1CCCc2c1nn(-c1ccc(CCl)cc1C)c2-c1ccc(Br)s1)c1ccccc1. The lowest BCUT2D eigenvalue weighted by atomic mass is 9.86. The lowest BCUT2D eigenvalue weighted by molar-refractivity contribution is -0.116. The molecule has 0 bridgehead atoms. The van der Waals surface area contributed by atoms with Gasteiger partial charge in [-0.25, -0.2) is 4.68 Å². The maximum Gasteiger partial charge on any atom is 0.524 e. The van der Waals surface area contributed by atoms with Crippen LogP contribution in [0.1, 0.15) is 72.4 Å². The fourth-order valence-corrected chi connectivity index (χ4v) is 6.87. The molecule has 1 amide bonds. The molecule has 194 valence electrons. The number of thiophene rings is 1. The summed E-state index contributed by atoms with van der Waals surface area (Å²) in [5.74, 6) is -0.0436. The van der Waals surface area contributed by atoms with E-state index < -0.39 is 0 Å². The van der Waals surface area contributed by atoms with Crippen molar-refractivity contribution in [2.24, 2.45) is 0 Å². The molecule has 7 heteroatoms. The van der Waals surface area contributed by atoms with Crippen LogP contribution < -0.4 is 0 Å². The summed E-state index contributed by atoms with van der Waals surface area (Å²) in [6.07, 6.45) is 4.45. The molecule has 38 heavy (non-hydrogen) atoms. The molecule has 0 spiro atoms. The number of aryl methyl sites for hydroxylation is 1. The van der Waals surface area contributed by atoms with Crippen LogP contribution in [0.2, 0.25) is 0 Å². The number of aromatic nitrogens is 2. The van der Waals surface area contributed by atoms with Gasteiger partial charge in [-0.15, -0.1) is 22.9 Å². The Morgan fingerprint density at radius 3 is 2.74 bits per heavy atom. The Hall–Kier alpha value is -2.72. The van der Waals surface area contributed by atoms with E-state index in [4.69, 9.17) is 16.7 Å². The predicted octanol–water partition coefficient (Wildman–Crippen LogP) is 9.27. The first kappa shape index (κ1) is 26.9. The van der Waals surface area contributed by atoms with Gasteiger partial charge < -0.3 is 0 Å². The zero-order valence-corrected chi connectivity index (χ0v) is 24.7. The smallest absolute Gasteiger partial charge is 0.231 e. The molecule has 0 saturated heterocycles. The molecule has 2 heterocycles. The maximum absolute atomic E-state index is 13.6. The highest BCUT2D eigenvalue weighted by Gasteiger charge is 2.39. The molecule has 0 aliphatic heterocycles. The molecule has 5 rings (SSSR count). The third kappa shape index (κ3) is 5.52. The summed E-state index contributed by atoms with van der Waals surface area (Å²) < 4.78 is 3.09. The van der Waals surface area contributed by atoms with Crippen LogP contribution in [0.4, 0.5) is 0 Å². The molecule has 0 radical (unpaired) electrons. The summed E-state index contributed by atoms with van der Waals surface area (Å²) >= 11 is 11.4. The second-order valence-electron chi connectivity index (χ2n) is 9.76. The molecular weight excluding hydrogens is 578 g/mol. The van der Waals surface area contributed by atoms with Gasteiger partial charge in [-0.05, 0) is 83.4 Å². The average molecular weight is 608 g/mol. The maximum atomic E-state index is 13.6. The van der Waals surface area contributed by atoms with E-state index in [1.54, 1.807) is 11.3 Å². The first-order valence-corrected chi connectivity index (χ1v) is 15.2. The molecule has 0 fully saturated rings. The van der Waals surface area contributed by atoms with E-state index in [9.17, 15) is 4.79 Å². The molecule has 4 nitrogen and oxygen atoms in total. The Bertz CT molecular complexity index is 1520. The number of fused-ring (bicyclic) bond motifs is 1. The van der Waals surface area contributed by atoms with Crippen LogP contribution in [-0.4, -0.2) is 15.7 Å². The molecule has 2 atom stereocenters. The summed E-state index contributed by atoms with van der Waals surface area (Å²) in [5, 5.41) is 5.11. The topological polar surface area (TPSA) is 39.2 Å². The molecule has 4 aromatic rings. The van der Waals surface area contributed by atoms with E-state index >= 15 is 0 Å². The number of benzene rings is 2. The fourth-order valence-electron chi connectivity index (χ4n) is 5.26. The predicted molar refractivity (Wildman–Crippen MR) is 161 cm³/mol. The molecule has 0 N–H and O–H groups in total. The van der Waals surface area contributed by atoms with Gasteiger partial charge in [0.05, 0.1) is 25.7 Å². The van der Waals surface area contributed by atoms with Gasteiger partial charge in [0.25, 0.3) is 6.07 Å². The van der Waals surface area contributed by atoms with Crippen molar-refractivity contribution in [3.63, 3.8) is 0 Å². The van der Waals surface area contributed by atoms with E-state index in [1.807, 2.05) is 28.9 Å². The lowest BCUT2D eigenvalue weighted by Crippen LogP contribution is -2.16. The third-order valence-electron chi connectivity index (χ3n) is 7.12. The van der Waals surface area contributed by atoms with Gasteiger partial charge in [-0.2, -0.15) is 9.89 Å². The highest BCUT2D eigenvalue weighted by molar-refractivity contribution is 9.11. The van der Waals surface area contributed by atoms with E-state index in [2.05, 4.69) is 77.1 Å². The Kier molecular flexibility index (Phi) is 8.48. The molecule has 1 aliphatic carbocycles. The standard InChI is InChI=1S/C31H30BrClN3OS/c1-3-8-23(22-9-5-4-6-10-22)19-34-31(37)25-12-7-11-24-29(25)35-36(30(24)27-15-16-28(32)38-27)26-14-13-21(18-33)17-20(26)2/h4-6,9-10,13-17,23,25H,3,7-8,11-12,18H2,1-2H3/q+1/t23?,25-/m1/s1. The van der Waals surface area contributed by atoms with Crippen molar-refractivity contribution in [3.05, 3.63) is 97.2 Å². The van der Waals surface area contributed by atoms with Gasteiger partial charge in [0.1, 0.15) is 11.8 Å². The van der Waals surface area contributed by atoms with Crippen LogP contribution in [-0.2, 0) is 17.1 Å². The van der Waals surface area contributed by atoms with Gasteiger partial charge in [-0.3, -0.25) is 0 Å². The molecule has 1 aliphatic rings. The molecule has 2 aromatic carbocycles. The molecule has 1 unspecified atom stereocenters. The number of hydrogen-bond donors (Lipinski definition) is 0. The van der Waals surface area contributed by atoms with Crippen molar-refractivity contribution in [1.82, 2.24) is 9.78 Å². The first-order chi connectivity index (χ1) is 18.5. The Labute approximate surface area is 241 Å². The summed E-state index contributed by atoms with van der Waals surface area (Å²) in [4.78, 5) is 19.1. The highest BCUT2D eigenvalue weighted by Crippen LogP contribution is 2.42. The van der Waals surface area contributed by atoms with Crippen molar-refractivity contribution < 1.29 is 4.79 Å². The quantitative estimate of drug-likeness (QED) is 0.196. The average Bonchev–Trinajstić information content (AvgIpc) is 3.54. The van der Waals surface area contributed by atoms with Crippen molar-refractivity contribution in [2.75, 3.05) is 0 Å². The van der Waals surface area contributed by atoms with Crippen LogP contribution >= 0.6 is 38.9 Å². The zero-order chi connectivity index (χ0) is 26.6. The number of hydrogen-bond acceptors (Lipinski definition) is 3. The van der Waals surface area contributed by atoms with E-state index in [0.29, 0.717) is 5.88 Å². The number of nitrogens with zero attached hydrogens (tertiary/aromatic N) is 3. The van der Waals surface area contributed by atoms with Crippen molar-refractivity contribution in [3.8, 4) is 22.3 Å². The van der Waals surface area contributed by atoms with Crippen LogP contribution in [0.15, 0.2) is 64.5 Å². The zero-order valence-electron chi connectivity index (χ0n) is 21.6. The minimum absolute atomic E-state index is 0.00731. The Balaban J connectivity index is 1.57. The van der Waals surface area contributed by atoms with E-state index in [0.717, 1.165) is 80.1 Å². The highest BCUT2D eigenvalue weighted by atomic mass is 79.9. The van der Waals surface area contributed by atoms with Crippen molar-refractivity contribution in [1.29, 1.82) is 0 Å². The van der Waals surface area contributed by atoms with Gasteiger partial charge in [-0.1, -0.05) is 55.8 Å². The first-order valence-electron chi connectivity index (χ1n) is 13.1. The summed E-state index contributed by atoms with van der Waals surface area (Å²) in [6.45, 7) is 4.23. The summed E-state index contributed by atoms with van der Waals surface area (Å²) in [5.41, 5.74) is 7.37. The lowest BCUT2D eigenvalue weighted by Gasteiger charge is -2.15. The van der Waals surface area contributed by atoms with Crippen molar-refractivity contribution in [2.45, 2.75) is 63.7 Å². The second-order valence-corrected chi connectivity index (χ2v) is 12.5. The van der Waals surface area contributed by atoms with Crippen LogP contribution in [0.3, 0.4) is 0 Å². The van der Waals surface area contributed by atoms with Gasteiger partial charge in [0.2, 0.25) is 0 Å².